The molecule has 28 heavy (non-hydrogen) atoms. The van der Waals surface area contributed by atoms with Gasteiger partial charge in [-0.15, -0.1) is 0 Å². The summed E-state index contributed by atoms with van der Waals surface area (Å²) in [5.41, 5.74) is 7.22. The molecule has 2 aromatic carbocycles. The maximum atomic E-state index is 4.00. The number of aryl methyl sites for hydroxylation is 1. The number of allylic oxidation sites excluding steroid dienone is 7. The van der Waals surface area contributed by atoms with Crippen LogP contribution in [-0.2, 0) is 0 Å². The molecule has 0 fully saturated rings. The second kappa shape index (κ2) is 9.09. The summed E-state index contributed by atoms with van der Waals surface area (Å²) in [6.45, 7) is 9.99. The van der Waals surface area contributed by atoms with E-state index < -0.39 is 0 Å². The molecule has 0 saturated heterocycles. The molecule has 0 spiro atoms. The Morgan fingerprint density at radius 3 is 2.18 bits per heavy atom. The van der Waals surface area contributed by atoms with Crippen LogP contribution >= 0.6 is 0 Å². The zero-order valence-electron chi connectivity index (χ0n) is 16.8. The van der Waals surface area contributed by atoms with Gasteiger partial charge >= 0.3 is 0 Å². The highest BCUT2D eigenvalue weighted by molar-refractivity contribution is 5.62. The molecule has 2 nitrogen and oxygen atoms in total. The van der Waals surface area contributed by atoms with Gasteiger partial charge < -0.3 is 9.80 Å². The molecule has 0 saturated carbocycles. The molecule has 0 N–H and O–H groups in total. The van der Waals surface area contributed by atoms with E-state index >= 15 is 0 Å². The van der Waals surface area contributed by atoms with Crippen molar-refractivity contribution < 1.29 is 0 Å². The third-order valence-electron chi connectivity index (χ3n) is 4.98. The van der Waals surface area contributed by atoms with Crippen molar-refractivity contribution in [1.29, 1.82) is 0 Å². The van der Waals surface area contributed by atoms with Crippen molar-refractivity contribution in [2.45, 2.75) is 19.8 Å². The van der Waals surface area contributed by atoms with Gasteiger partial charge in [0, 0.05) is 35.5 Å². The first-order chi connectivity index (χ1) is 13.6. The van der Waals surface area contributed by atoms with Crippen molar-refractivity contribution in [1.82, 2.24) is 0 Å². The van der Waals surface area contributed by atoms with Gasteiger partial charge in [-0.2, -0.15) is 0 Å². The van der Waals surface area contributed by atoms with E-state index in [0.717, 1.165) is 24.2 Å². The first-order valence-corrected chi connectivity index (χ1v) is 9.64. The fourth-order valence-electron chi connectivity index (χ4n) is 3.50. The van der Waals surface area contributed by atoms with Crippen molar-refractivity contribution in [2.75, 3.05) is 16.8 Å². The fraction of sp³-hybridized carbons (Fsp3) is 0.154. The quantitative estimate of drug-likeness (QED) is 0.498. The summed E-state index contributed by atoms with van der Waals surface area (Å²) in [7, 11) is 2.14. The summed E-state index contributed by atoms with van der Waals surface area (Å²) < 4.78 is 0. The summed E-state index contributed by atoms with van der Waals surface area (Å²) in [6, 6.07) is 19.0. The van der Waals surface area contributed by atoms with Crippen molar-refractivity contribution in [3.05, 3.63) is 121 Å². The van der Waals surface area contributed by atoms with E-state index in [4.69, 9.17) is 0 Å². The van der Waals surface area contributed by atoms with Crippen LogP contribution in [0, 0.1) is 6.92 Å². The van der Waals surface area contributed by atoms with E-state index in [0.29, 0.717) is 0 Å². The molecule has 0 aliphatic heterocycles. The Morgan fingerprint density at radius 2 is 1.57 bits per heavy atom. The maximum Gasteiger partial charge on any atom is 0.0458 e. The lowest BCUT2D eigenvalue weighted by Crippen LogP contribution is -2.24. The maximum absolute atomic E-state index is 4.00. The summed E-state index contributed by atoms with van der Waals surface area (Å²) in [5, 5.41) is 0. The third kappa shape index (κ3) is 4.34. The van der Waals surface area contributed by atoms with Crippen LogP contribution in [0.25, 0.3) is 0 Å². The van der Waals surface area contributed by atoms with Crippen LogP contribution in [0.1, 0.15) is 18.4 Å². The summed E-state index contributed by atoms with van der Waals surface area (Å²) in [6.07, 6.45) is 12.1. The monoisotopic (exact) mass is 368 g/mol. The minimum atomic E-state index is 0.958. The highest BCUT2D eigenvalue weighted by atomic mass is 15.2. The number of rotatable bonds is 7. The molecule has 0 radical (unpaired) electrons. The molecule has 1 aliphatic rings. The molecule has 142 valence electrons. The second-order valence-corrected chi connectivity index (χ2v) is 6.92. The molecule has 0 atom stereocenters. The first kappa shape index (κ1) is 19.5. The Labute approximate surface area is 169 Å². The number of benzene rings is 2. The largest absolute Gasteiger partial charge is 0.348 e. The van der Waals surface area contributed by atoms with Crippen molar-refractivity contribution in [2.24, 2.45) is 0 Å². The van der Waals surface area contributed by atoms with Gasteiger partial charge in [-0.05, 0) is 73.9 Å². The average molecular weight is 369 g/mol. The Bertz CT molecular complexity index is 932. The summed E-state index contributed by atoms with van der Waals surface area (Å²) in [4.78, 5) is 4.54. The van der Waals surface area contributed by atoms with Gasteiger partial charge in [-0.3, -0.25) is 0 Å². The van der Waals surface area contributed by atoms with Crippen molar-refractivity contribution >= 4 is 11.4 Å². The van der Waals surface area contributed by atoms with E-state index in [1.807, 2.05) is 24.3 Å². The van der Waals surface area contributed by atoms with Gasteiger partial charge in [-0.25, -0.2) is 0 Å². The zero-order valence-corrected chi connectivity index (χ0v) is 16.8. The highest BCUT2D eigenvalue weighted by Gasteiger charge is 2.19. The van der Waals surface area contributed by atoms with Gasteiger partial charge in [0.25, 0.3) is 0 Å². The average Bonchev–Trinajstić information content (AvgIpc) is 2.74. The van der Waals surface area contributed by atoms with Crippen LogP contribution in [0.4, 0.5) is 11.4 Å². The Morgan fingerprint density at radius 1 is 0.893 bits per heavy atom. The number of hydrogen-bond donors (Lipinski definition) is 0. The van der Waals surface area contributed by atoms with Crippen LogP contribution in [-0.4, -0.2) is 7.05 Å². The van der Waals surface area contributed by atoms with Gasteiger partial charge in [-0.1, -0.05) is 49.6 Å². The van der Waals surface area contributed by atoms with Crippen molar-refractivity contribution in [3.8, 4) is 0 Å². The van der Waals surface area contributed by atoms with Crippen LogP contribution in [0.5, 0.6) is 0 Å². The van der Waals surface area contributed by atoms with Crippen LogP contribution in [0.3, 0.4) is 0 Å². The molecule has 0 unspecified atom stereocenters. The van der Waals surface area contributed by atoms with Crippen LogP contribution in [0.2, 0.25) is 0 Å². The predicted molar refractivity (Wildman–Crippen MR) is 122 cm³/mol. The molecule has 0 aromatic heterocycles. The van der Waals surface area contributed by atoms with Gasteiger partial charge in [0.2, 0.25) is 0 Å². The van der Waals surface area contributed by atoms with Gasteiger partial charge in [0.1, 0.15) is 0 Å². The number of nitrogens with zero attached hydrogens (tertiary/aromatic N) is 2. The minimum Gasteiger partial charge on any atom is -0.348 e. The lowest BCUT2D eigenvalue weighted by molar-refractivity contribution is 0.830. The van der Waals surface area contributed by atoms with Crippen LogP contribution in [0.15, 0.2) is 115 Å². The molecule has 2 aromatic rings. The first-order valence-electron chi connectivity index (χ1n) is 9.64. The SMILES string of the molecule is C=C/C=C(\C=C)N(C1=CC=C(N(C)c2cccc(C)c2)CC1)c1ccccc1. The molecular formula is C26H28N2. The molecule has 2 heteroatoms. The normalized spacial score (nSPS) is 14.0. The van der Waals surface area contributed by atoms with E-state index in [1.165, 1.54) is 22.6 Å². The molecule has 0 heterocycles. The Hall–Kier alpha value is -3.26. The lowest BCUT2D eigenvalue weighted by Gasteiger charge is -2.32. The van der Waals surface area contributed by atoms with Gasteiger partial charge in [0.05, 0.1) is 0 Å². The minimum absolute atomic E-state index is 0.958. The van der Waals surface area contributed by atoms with E-state index in [-0.39, 0.29) is 0 Å². The summed E-state index contributed by atoms with van der Waals surface area (Å²) >= 11 is 0. The van der Waals surface area contributed by atoms with E-state index in [2.05, 4.69) is 97.6 Å². The molecule has 1 aliphatic carbocycles. The Balaban J connectivity index is 1.94. The topological polar surface area (TPSA) is 6.48 Å². The smallest absolute Gasteiger partial charge is 0.0458 e. The number of para-hydroxylation sites is 1. The highest BCUT2D eigenvalue weighted by Crippen LogP contribution is 2.32. The van der Waals surface area contributed by atoms with E-state index in [1.54, 1.807) is 0 Å². The molecule has 0 amide bonds. The number of hydrogen-bond acceptors (Lipinski definition) is 2. The molecule has 3 rings (SSSR count). The molecule has 0 bridgehead atoms. The van der Waals surface area contributed by atoms with Crippen molar-refractivity contribution in [3.63, 3.8) is 0 Å². The lowest BCUT2D eigenvalue weighted by atomic mass is 10.0. The second-order valence-electron chi connectivity index (χ2n) is 6.92. The van der Waals surface area contributed by atoms with Crippen LogP contribution < -0.4 is 9.80 Å². The Kier molecular flexibility index (Phi) is 6.33. The predicted octanol–water partition coefficient (Wildman–Crippen LogP) is 6.76. The third-order valence-corrected chi connectivity index (χ3v) is 4.98. The zero-order chi connectivity index (χ0) is 19.9. The fourth-order valence-corrected chi connectivity index (χ4v) is 3.50. The standard InChI is InChI=1S/C26H28N2/c1-5-11-22(6-2)28(24-13-8-7-9-14-24)25-18-16-23(17-19-25)27(4)26-15-10-12-21(3)20-26/h5-16,18,20H,1-2,17,19H2,3-4H3/b22-11+. The van der Waals surface area contributed by atoms with E-state index in [9.17, 15) is 0 Å². The van der Waals surface area contributed by atoms with Gasteiger partial charge in [0.15, 0.2) is 0 Å². The summed E-state index contributed by atoms with van der Waals surface area (Å²) in [5.74, 6) is 0. The number of anilines is 2. The molecular weight excluding hydrogens is 340 g/mol.